The van der Waals surface area contributed by atoms with Crippen molar-refractivity contribution in [2.45, 2.75) is 17.6 Å². The molecular weight excluding hydrogens is 383 g/mol. The SMILES string of the molecule is Cc1nc(CSc2ccc(C(=O)NCCOc3cccc(F)c3)cc2)cs1. The molecule has 1 N–H and O–H groups in total. The standard InChI is InChI=1S/C20H19FN2O2S2/c1-14-23-17(12-26-14)13-27-19-7-5-15(6-8-19)20(24)22-9-10-25-18-4-2-3-16(21)11-18/h2-8,11-12H,9-10,13H2,1H3,(H,22,24). The first-order valence-electron chi connectivity index (χ1n) is 8.40. The van der Waals surface area contributed by atoms with E-state index in [0.29, 0.717) is 17.9 Å². The van der Waals surface area contributed by atoms with Gasteiger partial charge in [0.15, 0.2) is 0 Å². The number of ether oxygens (including phenoxy) is 1. The molecule has 0 aliphatic rings. The first kappa shape index (κ1) is 19.4. The normalized spacial score (nSPS) is 10.6. The molecule has 0 atom stereocenters. The molecule has 27 heavy (non-hydrogen) atoms. The highest BCUT2D eigenvalue weighted by atomic mass is 32.2. The van der Waals surface area contributed by atoms with E-state index in [9.17, 15) is 9.18 Å². The summed E-state index contributed by atoms with van der Waals surface area (Å²) in [7, 11) is 0. The van der Waals surface area contributed by atoms with Gasteiger partial charge in [0, 0.05) is 27.7 Å². The summed E-state index contributed by atoms with van der Waals surface area (Å²) in [4.78, 5) is 17.7. The molecule has 0 aliphatic heterocycles. The third kappa shape index (κ3) is 6.08. The summed E-state index contributed by atoms with van der Waals surface area (Å²) in [5.74, 6) is 0.748. The van der Waals surface area contributed by atoms with Gasteiger partial charge in [0.05, 0.1) is 17.2 Å². The van der Waals surface area contributed by atoms with Crippen LogP contribution >= 0.6 is 23.1 Å². The molecule has 0 saturated carbocycles. The lowest BCUT2D eigenvalue weighted by Gasteiger charge is -2.08. The van der Waals surface area contributed by atoms with Gasteiger partial charge in [-0.1, -0.05) is 6.07 Å². The van der Waals surface area contributed by atoms with Crippen LogP contribution in [0.15, 0.2) is 58.8 Å². The summed E-state index contributed by atoms with van der Waals surface area (Å²) >= 11 is 3.34. The van der Waals surface area contributed by atoms with E-state index >= 15 is 0 Å². The number of halogens is 1. The fourth-order valence-electron chi connectivity index (χ4n) is 2.33. The van der Waals surface area contributed by atoms with Crippen LogP contribution in [-0.2, 0) is 5.75 Å². The molecular formula is C20H19FN2O2S2. The van der Waals surface area contributed by atoms with E-state index < -0.39 is 0 Å². The van der Waals surface area contributed by atoms with Crippen molar-refractivity contribution in [3.05, 3.63) is 76.0 Å². The molecule has 3 aromatic rings. The molecule has 0 radical (unpaired) electrons. The van der Waals surface area contributed by atoms with E-state index in [1.807, 2.05) is 19.1 Å². The van der Waals surface area contributed by atoms with E-state index in [1.54, 1.807) is 47.4 Å². The summed E-state index contributed by atoms with van der Waals surface area (Å²) in [6, 6.07) is 13.4. The van der Waals surface area contributed by atoms with Crippen molar-refractivity contribution in [1.29, 1.82) is 0 Å². The third-order valence-electron chi connectivity index (χ3n) is 3.62. The van der Waals surface area contributed by atoms with Crippen LogP contribution < -0.4 is 10.1 Å². The van der Waals surface area contributed by atoms with Gasteiger partial charge in [0.25, 0.3) is 5.91 Å². The first-order valence-corrected chi connectivity index (χ1v) is 10.3. The van der Waals surface area contributed by atoms with Crippen molar-refractivity contribution in [2.24, 2.45) is 0 Å². The second-order valence-corrected chi connectivity index (χ2v) is 7.84. The van der Waals surface area contributed by atoms with Crippen molar-refractivity contribution in [3.8, 4) is 5.75 Å². The summed E-state index contributed by atoms with van der Waals surface area (Å²) in [5.41, 5.74) is 1.66. The van der Waals surface area contributed by atoms with E-state index in [2.05, 4.69) is 15.7 Å². The summed E-state index contributed by atoms with van der Waals surface area (Å²) in [6.07, 6.45) is 0. The predicted octanol–water partition coefficient (Wildman–Crippen LogP) is 4.69. The Labute approximate surface area is 165 Å². The predicted molar refractivity (Wildman–Crippen MR) is 107 cm³/mol. The Hall–Kier alpha value is -2.38. The molecule has 1 amide bonds. The molecule has 2 aromatic carbocycles. The molecule has 0 unspecified atom stereocenters. The summed E-state index contributed by atoms with van der Waals surface area (Å²) < 4.78 is 18.5. The van der Waals surface area contributed by atoms with Gasteiger partial charge in [-0.15, -0.1) is 23.1 Å². The zero-order valence-electron chi connectivity index (χ0n) is 14.8. The number of nitrogens with zero attached hydrogens (tertiary/aromatic N) is 1. The fourth-order valence-corrected chi connectivity index (χ4v) is 3.84. The number of nitrogens with one attached hydrogen (secondary N) is 1. The van der Waals surface area contributed by atoms with Crippen molar-refractivity contribution >= 4 is 29.0 Å². The van der Waals surface area contributed by atoms with Crippen LogP contribution in [-0.4, -0.2) is 24.0 Å². The zero-order chi connectivity index (χ0) is 19.1. The van der Waals surface area contributed by atoms with E-state index in [0.717, 1.165) is 21.3 Å². The van der Waals surface area contributed by atoms with Crippen LogP contribution in [0, 0.1) is 12.7 Å². The second kappa shape index (κ2) is 9.53. The number of hydrogen-bond donors (Lipinski definition) is 1. The minimum Gasteiger partial charge on any atom is -0.492 e. The largest absolute Gasteiger partial charge is 0.492 e. The average Bonchev–Trinajstić information content (AvgIpc) is 3.09. The Morgan fingerprint density at radius 1 is 1.26 bits per heavy atom. The topological polar surface area (TPSA) is 51.2 Å². The Morgan fingerprint density at radius 3 is 2.78 bits per heavy atom. The lowest BCUT2D eigenvalue weighted by molar-refractivity contribution is 0.0947. The molecule has 140 valence electrons. The zero-order valence-corrected chi connectivity index (χ0v) is 16.4. The molecule has 7 heteroatoms. The molecule has 0 spiro atoms. The fraction of sp³-hybridized carbons (Fsp3) is 0.200. The number of thiazole rings is 1. The lowest BCUT2D eigenvalue weighted by atomic mass is 10.2. The van der Waals surface area contributed by atoms with Crippen LogP contribution in [0.2, 0.25) is 0 Å². The number of aromatic nitrogens is 1. The quantitative estimate of drug-likeness (QED) is 0.439. The number of rotatable bonds is 8. The van der Waals surface area contributed by atoms with E-state index in [4.69, 9.17) is 4.74 Å². The molecule has 0 saturated heterocycles. The number of hydrogen-bond acceptors (Lipinski definition) is 5. The van der Waals surface area contributed by atoms with Gasteiger partial charge in [-0.25, -0.2) is 9.37 Å². The van der Waals surface area contributed by atoms with Crippen LogP contribution in [0.3, 0.4) is 0 Å². The smallest absolute Gasteiger partial charge is 0.251 e. The minimum atomic E-state index is -0.348. The lowest BCUT2D eigenvalue weighted by Crippen LogP contribution is -2.28. The number of thioether (sulfide) groups is 1. The number of benzene rings is 2. The molecule has 0 bridgehead atoms. The molecule has 4 nitrogen and oxygen atoms in total. The highest BCUT2D eigenvalue weighted by Crippen LogP contribution is 2.23. The van der Waals surface area contributed by atoms with Crippen molar-refractivity contribution in [2.75, 3.05) is 13.2 Å². The number of aryl methyl sites for hydroxylation is 1. The summed E-state index contributed by atoms with van der Waals surface area (Å²) in [6.45, 7) is 2.61. The van der Waals surface area contributed by atoms with E-state index in [-0.39, 0.29) is 18.3 Å². The summed E-state index contributed by atoms with van der Waals surface area (Å²) in [5, 5.41) is 5.92. The minimum absolute atomic E-state index is 0.162. The third-order valence-corrected chi connectivity index (χ3v) is 5.49. The van der Waals surface area contributed by atoms with Crippen LogP contribution in [0.25, 0.3) is 0 Å². The Kier molecular flexibility index (Phi) is 6.84. The molecule has 1 heterocycles. The number of carbonyl (C=O) groups is 1. The Bertz CT molecular complexity index is 897. The van der Waals surface area contributed by atoms with Crippen molar-refractivity contribution in [3.63, 3.8) is 0 Å². The van der Waals surface area contributed by atoms with Gasteiger partial charge in [-0.05, 0) is 43.3 Å². The highest BCUT2D eigenvalue weighted by Gasteiger charge is 2.06. The molecule has 0 fully saturated rings. The highest BCUT2D eigenvalue weighted by molar-refractivity contribution is 7.98. The maximum atomic E-state index is 13.1. The Morgan fingerprint density at radius 2 is 2.07 bits per heavy atom. The van der Waals surface area contributed by atoms with Crippen LogP contribution in [0.1, 0.15) is 21.1 Å². The Balaban J connectivity index is 1.41. The van der Waals surface area contributed by atoms with Gasteiger partial charge in [-0.3, -0.25) is 4.79 Å². The monoisotopic (exact) mass is 402 g/mol. The molecule has 1 aromatic heterocycles. The van der Waals surface area contributed by atoms with Crippen LogP contribution in [0.4, 0.5) is 4.39 Å². The van der Waals surface area contributed by atoms with Gasteiger partial charge in [-0.2, -0.15) is 0 Å². The molecule has 3 rings (SSSR count). The van der Waals surface area contributed by atoms with Gasteiger partial charge in [0.2, 0.25) is 0 Å². The maximum Gasteiger partial charge on any atom is 0.251 e. The van der Waals surface area contributed by atoms with Crippen LogP contribution in [0.5, 0.6) is 5.75 Å². The molecule has 0 aliphatic carbocycles. The van der Waals surface area contributed by atoms with E-state index in [1.165, 1.54) is 12.1 Å². The van der Waals surface area contributed by atoms with Crippen molar-refractivity contribution < 1.29 is 13.9 Å². The van der Waals surface area contributed by atoms with Crippen molar-refractivity contribution in [1.82, 2.24) is 10.3 Å². The first-order chi connectivity index (χ1) is 13.1. The average molecular weight is 403 g/mol. The number of carbonyl (C=O) groups excluding carboxylic acids is 1. The maximum absolute atomic E-state index is 13.1. The van der Waals surface area contributed by atoms with Gasteiger partial charge >= 0.3 is 0 Å². The number of amides is 1. The van der Waals surface area contributed by atoms with Gasteiger partial charge < -0.3 is 10.1 Å². The van der Waals surface area contributed by atoms with Gasteiger partial charge in [0.1, 0.15) is 18.2 Å². The second-order valence-electron chi connectivity index (χ2n) is 5.73.